The molecule has 304 valence electrons. The Balaban J connectivity index is 1.70. The van der Waals surface area contributed by atoms with Gasteiger partial charge >= 0.3 is 36.2 Å². The quantitative estimate of drug-likeness (QED) is 0.142. The lowest BCUT2D eigenvalue weighted by atomic mass is 9.09. The smallest absolute Gasteiger partial charge is 0.416 e. The number of esters is 4. The topological polar surface area (TPSA) is 124 Å². The number of rotatable bonds is 10. The van der Waals surface area contributed by atoms with Crippen molar-refractivity contribution in [1.82, 2.24) is 0 Å². The highest BCUT2D eigenvalue weighted by molar-refractivity contribution is 6.05. The average molecular weight is 797 g/mol. The van der Waals surface area contributed by atoms with Gasteiger partial charge in [-0.1, -0.05) is 24.3 Å². The van der Waals surface area contributed by atoms with Crippen molar-refractivity contribution in [2.24, 2.45) is 21.7 Å². The van der Waals surface area contributed by atoms with Crippen LogP contribution in [0.3, 0.4) is 0 Å². The third-order valence-electron chi connectivity index (χ3n) is 14.1. The zero-order valence-electron chi connectivity index (χ0n) is 32.0. The van der Waals surface area contributed by atoms with Crippen LogP contribution in [-0.4, -0.2) is 72.7 Å². The number of hydrogen-bond donors (Lipinski definition) is 0. The molecule has 0 atom stereocenters. The van der Waals surface area contributed by atoms with E-state index in [-0.39, 0.29) is 37.6 Å². The van der Waals surface area contributed by atoms with Gasteiger partial charge in [0.25, 0.3) is 0 Å². The molecular weight excluding hydrogens is 754 g/mol. The summed E-state index contributed by atoms with van der Waals surface area (Å²) in [5.41, 5.74) is -20.1. The molecule has 2 aliphatic carbocycles. The first-order valence-corrected chi connectivity index (χ1v) is 18.4. The number of hydrogen-bond acceptors (Lipinski definition) is 10. The summed E-state index contributed by atoms with van der Waals surface area (Å²) >= 11 is 0. The van der Waals surface area contributed by atoms with Crippen LogP contribution in [0.2, 0.25) is 0 Å². The van der Waals surface area contributed by atoms with Gasteiger partial charge in [-0.2, -0.15) is 26.3 Å². The van der Waals surface area contributed by atoms with Crippen LogP contribution in [0.1, 0.15) is 89.5 Å². The van der Waals surface area contributed by atoms with Crippen molar-refractivity contribution in [1.29, 1.82) is 0 Å². The summed E-state index contributed by atoms with van der Waals surface area (Å²) in [5, 5.41) is 0. The Morgan fingerprint density at radius 2 is 0.696 bits per heavy atom. The first-order valence-electron chi connectivity index (χ1n) is 18.4. The second-order valence-corrected chi connectivity index (χ2v) is 15.6. The highest BCUT2D eigenvalue weighted by Gasteiger charge is 3.16. The highest BCUT2D eigenvalue weighted by Crippen LogP contribution is 3.02. The standard InChI is InChI=1S/C40H42F6O10/c1-9-51-27(47)35-25(21-13-17-23(18-14-21)39(41,42)43)36(28(48)52-10-2)33(7)38(30(50)54-12-4)26(22-15-19-24(20-16-22)40(44,45)46)37(29(49)53-11-3,31(35,5)55-33)32(35,6)56-34(36,38)8/h13-20,25-26H,9-12H2,1-8H3. The van der Waals surface area contributed by atoms with Gasteiger partial charge in [0.05, 0.1) is 37.6 Å². The maximum Gasteiger partial charge on any atom is 0.416 e. The summed E-state index contributed by atoms with van der Waals surface area (Å²) in [6.07, 6.45) is -9.55. The van der Waals surface area contributed by atoms with E-state index in [0.29, 0.717) is 0 Å². The Labute approximate surface area is 318 Å². The van der Waals surface area contributed by atoms with E-state index >= 15 is 19.2 Å². The molecule has 10 nitrogen and oxygen atoms in total. The van der Waals surface area contributed by atoms with E-state index in [1.54, 1.807) is 0 Å². The summed E-state index contributed by atoms with van der Waals surface area (Å²) in [6, 6.07) is 7.66. The van der Waals surface area contributed by atoms with Crippen LogP contribution >= 0.6 is 0 Å². The van der Waals surface area contributed by atoms with Crippen LogP contribution in [0.25, 0.3) is 0 Å². The minimum atomic E-state index is -4.77. The number of halogens is 6. The first-order chi connectivity index (χ1) is 26.0. The average Bonchev–Trinajstić information content (AvgIpc) is 3.09. The maximum absolute atomic E-state index is 15.2. The highest BCUT2D eigenvalue weighted by atomic mass is 19.4. The molecule has 4 saturated heterocycles. The van der Waals surface area contributed by atoms with Crippen molar-refractivity contribution in [2.45, 2.75) is 102 Å². The molecule has 8 rings (SSSR count). The van der Waals surface area contributed by atoms with Gasteiger partial charge in [-0.3, -0.25) is 19.2 Å². The fraction of sp³-hybridized carbons (Fsp3) is 0.600. The first kappa shape index (κ1) is 40.0. The molecule has 6 aliphatic rings. The van der Waals surface area contributed by atoms with Crippen LogP contribution in [0.15, 0.2) is 48.5 Å². The van der Waals surface area contributed by atoms with Crippen molar-refractivity contribution in [3.8, 4) is 0 Å². The van der Waals surface area contributed by atoms with E-state index in [0.717, 1.165) is 48.5 Å². The predicted molar refractivity (Wildman–Crippen MR) is 180 cm³/mol. The molecule has 0 aromatic heterocycles. The number of carbonyl (C=O) groups is 4. The number of ether oxygens (including phenoxy) is 6. The van der Waals surface area contributed by atoms with Crippen molar-refractivity contribution >= 4 is 23.9 Å². The van der Waals surface area contributed by atoms with E-state index in [1.807, 2.05) is 0 Å². The molecule has 2 saturated carbocycles. The third-order valence-corrected chi connectivity index (χ3v) is 14.1. The summed E-state index contributed by atoms with van der Waals surface area (Å²) < 4.78 is 121. The van der Waals surface area contributed by atoms with E-state index in [1.165, 1.54) is 55.4 Å². The third kappa shape index (κ3) is 3.67. The van der Waals surface area contributed by atoms with Gasteiger partial charge in [0.2, 0.25) is 0 Å². The van der Waals surface area contributed by atoms with Gasteiger partial charge in [0, 0.05) is 11.8 Å². The molecule has 0 spiro atoms. The van der Waals surface area contributed by atoms with Gasteiger partial charge in [0.15, 0.2) is 0 Å². The molecule has 16 heteroatoms. The van der Waals surface area contributed by atoms with Gasteiger partial charge in [-0.15, -0.1) is 0 Å². The SMILES string of the molecule is CCOC(=O)C12C(c3ccc(C(F)(F)F)cc3)C3(C(=O)OCC)C4(C)OC1(C)C1(C(=O)OCC)C(c5ccc(C(F)(F)F)cc5)C4(C(=O)OCC)C3(C)OC21C. The van der Waals surface area contributed by atoms with E-state index in [4.69, 9.17) is 28.4 Å². The number of benzene rings is 2. The molecule has 0 N–H and O–H groups in total. The minimum absolute atomic E-state index is 0.0171. The molecule has 2 aromatic rings. The molecule has 8 bridgehead atoms. The fourth-order valence-corrected chi connectivity index (χ4v) is 13.0. The Hall–Kier alpha value is -4.18. The molecule has 2 aromatic carbocycles. The Morgan fingerprint density at radius 3 is 0.875 bits per heavy atom. The normalized spacial score (nSPS) is 39.9. The van der Waals surface area contributed by atoms with E-state index in [2.05, 4.69) is 0 Å². The predicted octanol–water partition coefficient (Wildman–Crippen LogP) is 6.93. The summed E-state index contributed by atoms with van der Waals surface area (Å²) in [7, 11) is 0. The minimum Gasteiger partial charge on any atom is -0.465 e. The summed E-state index contributed by atoms with van der Waals surface area (Å²) in [5.74, 6) is -7.29. The molecule has 56 heavy (non-hydrogen) atoms. The number of carbonyl (C=O) groups excluding carboxylic acids is 4. The largest absolute Gasteiger partial charge is 0.465 e. The molecule has 4 aliphatic heterocycles. The maximum atomic E-state index is 15.2. The Kier molecular flexibility index (Phi) is 8.37. The van der Waals surface area contributed by atoms with Gasteiger partial charge in [0.1, 0.15) is 44.1 Å². The monoisotopic (exact) mass is 796 g/mol. The van der Waals surface area contributed by atoms with Gasteiger partial charge < -0.3 is 28.4 Å². The lowest BCUT2D eigenvalue weighted by molar-refractivity contribution is -0.625. The molecule has 4 heterocycles. The van der Waals surface area contributed by atoms with Crippen LogP contribution in [0, 0.1) is 21.7 Å². The second-order valence-electron chi connectivity index (χ2n) is 15.6. The van der Waals surface area contributed by atoms with E-state index < -0.39 is 103 Å². The molecule has 6 fully saturated rings. The Morgan fingerprint density at radius 1 is 0.482 bits per heavy atom. The summed E-state index contributed by atoms with van der Waals surface area (Å²) in [4.78, 5) is 60.6. The lowest BCUT2D eigenvalue weighted by Crippen LogP contribution is -3.14. The zero-order valence-corrected chi connectivity index (χ0v) is 32.0. The van der Waals surface area contributed by atoms with E-state index in [9.17, 15) is 26.3 Å². The second kappa shape index (κ2) is 11.7. The van der Waals surface area contributed by atoms with Gasteiger partial charge in [-0.05, 0) is 90.8 Å². The van der Waals surface area contributed by atoms with Crippen LogP contribution in [-0.2, 0) is 60.0 Å². The lowest BCUT2D eigenvalue weighted by Gasteiger charge is -2.99. The van der Waals surface area contributed by atoms with Crippen molar-refractivity contribution < 1.29 is 73.9 Å². The van der Waals surface area contributed by atoms with Gasteiger partial charge in [-0.25, -0.2) is 0 Å². The molecule has 0 radical (unpaired) electrons. The Bertz CT molecular complexity index is 1760. The molecule has 0 unspecified atom stereocenters. The molecule has 0 amide bonds. The van der Waals surface area contributed by atoms with Crippen LogP contribution in [0.4, 0.5) is 26.3 Å². The molecular formula is C40H42F6O10. The summed E-state index contributed by atoms with van der Waals surface area (Å²) in [6.45, 7) is 10.7. The van der Waals surface area contributed by atoms with Crippen molar-refractivity contribution in [3.63, 3.8) is 0 Å². The van der Waals surface area contributed by atoms with Crippen LogP contribution < -0.4 is 0 Å². The van der Waals surface area contributed by atoms with Crippen molar-refractivity contribution in [2.75, 3.05) is 26.4 Å². The van der Waals surface area contributed by atoms with Crippen molar-refractivity contribution in [3.05, 3.63) is 70.8 Å². The fourth-order valence-electron chi connectivity index (χ4n) is 13.0. The number of alkyl halides is 6. The zero-order chi connectivity index (χ0) is 41.5. The van der Waals surface area contributed by atoms with Crippen LogP contribution in [0.5, 0.6) is 0 Å².